The molecule has 0 spiro atoms. The molecule has 2 aromatic carbocycles. The number of hydrogen-bond acceptors (Lipinski definition) is 5. The maximum Gasteiger partial charge on any atom is 0.419 e. The van der Waals surface area contributed by atoms with Crippen LogP contribution in [0.1, 0.15) is 37.6 Å². The molecular weight excluding hydrogens is 404 g/mol. The highest BCUT2D eigenvalue weighted by Crippen LogP contribution is 2.35. The molecule has 3 aromatic rings. The molecule has 1 aromatic heterocycles. The van der Waals surface area contributed by atoms with Crippen LogP contribution in [0.25, 0.3) is 21.8 Å². The highest BCUT2D eigenvalue weighted by Gasteiger charge is 2.34. The summed E-state index contributed by atoms with van der Waals surface area (Å²) < 4.78 is 7.20. The average Bonchev–Trinajstić information content (AvgIpc) is 2.78. The molecule has 0 bridgehead atoms. The van der Waals surface area contributed by atoms with Gasteiger partial charge in [-0.15, -0.1) is 0 Å². The maximum atomic E-state index is 13.4. The van der Waals surface area contributed by atoms with E-state index in [-0.39, 0.29) is 23.2 Å². The number of ketones is 1. The number of carbonyl (C=O) groups excluding carboxylic acids is 2. The van der Waals surface area contributed by atoms with Gasteiger partial charge in [0.25, 0.3) is 0 Å². The minimum absolute atomic E-state index is 0.0411. The van der Waals surface area contributed by atoms with E-state index in [9.17, 15) is 14.4 Å². The zero-order chi connectivity index (χ0) is 22.6. The van der Waals surface area contributed by atoms with Crippen molar-refractivity contribution in [2.75, 3.05) is 5.32 Å². The fourth-order valence-corrected chi connectivity index (χ4v) is 4.32. The number of hydrogen-bond donors (Lipinski definition) is 1. The van der Waals surface area contributed by atoms with Crippen LogP contribution in [-0.2, 0) is 4.74 Å². The van der Waals surface area contributed by atoms with Crippen molar-refractivity contribution >= 4 is 39.4 Å². The maximum absolute atomic E-state index is 13.4. The molecule has 0 amide bonds. The fourth-order valence-electron chi connectivity index (χ4n) is 4.32. The average molecular weight is 428 g/mol. The number of Topliss-reactive ketones (excluding diaryl/α,β-unsaturated/α-hetero) is 1. The Hall–Kier alpha value is -3.67. The third-order valence-corrected chi connectivity index (χ3v) is 6.43. The summed E-state index contributed by atoms with van der Waals surface area (Å²) in [5, 5.41) is 4.16. The SMILES string of the molecule is CCC(C)(C)OC(=O)n1c2ccccc2c(=O)c2cc3c(cc21)C(=O)C1C=CC=CC1N3. The number of para-hydroxylation sites is 1. The Morgan fingerprint density at radius 2 is 1.81 bits per heavy atom. The molecule has 1 aliphatic heterocycles. The number of pyridine rings is 1. The van der Waals surface area contributed by atoms with Gasteiger partial charge in [-0.1, -0.05) is 43.4 Å². The third kappa shape index (κ3) is 3.06. The van der Waals surface area contributed by atoms with Gasteiger partial charge in [0.05, 0.1) is 23.0 Å². The molecule has 1 N–H and O–H groups in total. The van der Waals surface area contributed by atoms with Crippen molar-refractivity contribution in [1.29, 1.82) is 0 Å². The highest BCUT2D eigenvalue weighted by atomic mass is 16.6. The van der Waals surface area contributed by atoms with Gasteiger partial charge in [0.1, 0.15) is 5.60 Å². The van der Waals surface area contributed by atoms with Crippen LogP contribution in [-0.4, -0.2) is 28.1 Å². The van der Waals surface area contributed by atoms with Crippen molar-refractivity contribution in [2.45, 2.75) is 38.8 Å². The van der Waals surface area contributed by atoms with Crippen LogP contribution in [0, 0.1) is 5.92 Å². The van der Waals surface area contributed by atoms with Crippen LogP contribution in [0.5, 0.6) is 0 Å². The first-order valence-electron chi connectivity index (χ1n) is 10.8. The number of benzene rings is 2. The number of rotatable bonds is 2. The van der Waals surface area contributed by atoms with Crippen LogP contribution in [0.15, 0.2) is 65.5 Å². The lowest BCUT2D eigenvalue weighted by Crippen LogP contribution is -2.38. The molecule has 0 radical (unpaired) electrons. The summed E-state index contributed by atoms with van der Waals surface area (Å²) >= 11 is 0. The van der Waals surface area contributed by atoms with E-state index in [2.05, 4.69) is 5.32 Å². The first-order chi connectivity index (χ1) is 15.3. The molecule has 2 unspecified atom stereocenters. The van der Waals surface area contributed by atoms with Crippen LogP contribution < -0.4 is 10.7 Å². The zero-order valence-corrected chi connectivity index (χ0v) is 18.2. The Morgan fingerprint density at radius 1 is 1.06 bits per heavy atom. The number of carbonyl (C=O) groups is 2. The van der Waals surface area contributed by atoms with Gasteiger partial charge in [-0.25, -0.2) is 9.36 Å². The fraction of sp³-hybridized carbons (Fsp3) is 0.269. The second kappa shape index (κ2) is 7.19. The Labute approximate surface area is 185 Å². The van der Waals surface area contributed by atoms with Crippen molar-refractivity contribution < 1.29 is 14.3 Å². The van der Waals surface area contributed by atoms with Crippen LogP contribution >= 0.6 is 0 Å². The number of nitrogens with zero attached hydrogens (tertiary/aromatic N) is 1. The van der Waals surface area contributed by atoms with Crippen LogP contribution in [0.2, 0.25) is 0 Å². The standard InChI is InChI=1S/C26H24N2O4/c1-4-26(2,3)32-25(31)28-21-12-8-6-10-16(21)24(30)18-13-20-17(14-22(18)28)23(29)15-9-5-7-11-19(15)27-20/h5-15,19,27H,4H2,1-3H3. The van der Waals surface area contributed by atoms with Gasteiger partial charge in [0.2, 0.25) is 0 Å². The molecule has 32 heavy (non-hydrogen) atoms. The van der Waals surface area contributed by atoms with Crippen molar-refractivity contribution in [2.24, 2.45) is 5.92 Å². The third-order valence-electron chi connectivity index (χ3n) is 6.43. The normalized spacial score (nSPS) is 19.5. The second-order valence-electron chi connectivity index (χ2n) is 8.91. The first kappa shape index (κ1) is 20.2. The van der Waals surface area contributed by atoms with E-state index in [0.717, 1.165) is 0 Å². The molecule has 2 heterocycles. The molecule has 5 rings (SSSR count). The van der Waals surface area contributed by atoms with Crippen molar-refractivity contribution in [3.8, 4) is 0 Å². The van der Waals surface area contributed by atoms with E-state index >= 15 is 0 Å². The number of nitrogens with one attached hydrogen (secondary N) is 1. The monoisotopic (exact) mass is 428 g/mol. The number of fused-ring (bicyclic) bond motifs is 4. The summed E-state index contributed by atoms with van der Waals surface area (Å²) in [6.07, 6.45) is 7.64. The molecule has 2 aliphatic rings. The number of aromatic nitrogens is 1. The van der Waals surface area contributed by atoms with Gasteiger partial charge in [-0.05, 0) is 44.5 Å². The largest absolute Gasteiger partial charge is 0.443 e. The first-order valence-corrected chi connectivity index (χ1v) is 10.8. The summed E-state index contributed by atoms with van der Waals surface area (Å²) in [5.74, 6) is -0.364. The van der Waals surface area contributed by atoms with E-state index in [1.807, 2.05) is 45.1 Å². The lowest BCUT2D eigenvalue weighted by Gasteiger charge is -2.32. The van der Waals surface area contributed by atoms with Crippen LogP contribution in [0.4, 0.5) is 10.5 Å². The summed E-state index contributed by atoms with van der Waals surface area (Å²) in [5.41, 5.74) is 1.03. The van der Waals surface area contributed by atoms with Gasteiger partial charge in [-0.3, -0.25) is 9.59 Å². The second-order valence-corrected chi connectivity index (χ2v) is 8.91. The lowest BCUT2D eigenvalue weighted by molar-refractivity contribution is 0.0384. The number of anilines is 1. The van der Waals surface area contributed by atoms with Gasteiger partial charge >= 0.3 is 6.09 Å². The van der Waals surface area contributed by atoms with Crippen molar-refractivity contribution in [1.82, 2.24) is 4.57 Å². The predicted molar refractivity (Wildman–Crippen MR) is 125 cm³/mol. The molecule has 0 fully saturated rings. The summed E-state index contributed by atoms with van der Waals surface area (Å²) in [4.78, 5) is 40.0. The molecule has 0 saturated heterocycles. The molecule has 1 aliphatic carbocycles. The van der Waals surface area contributed by atoms with E-state index in [1.54, 1.807) is 36.4 Å². The van der Waals surface area contributed by atoms with Crippen molar-refractivity contribution in [3.63, 3.8) is 0 Å². The molecular formula is C26H24N2O4. The predicted octanol–water partition coefficient (Wildman–Crippen LogP) is 5.05. The highest BCUT2D eigenvalue weighted by molar-refractivity contribution is 6.11. The van der Waals surface area contributed by atoms with Gasteiger partial charge in [0, 0.05) is 22.0 Å². The summed E-state index contributed by atoms with van der Waals surface area (Å²) in [6.45, 7) is 5.63. The minimum Gasteiger partial charge on any atom is -0.443 e. The van der Waals surface area contributed by atoms with Crippen LogP contribution in [0.3, 0.4) is 0 Å². The molecule has 0 saturated carbocycles. The quantitative estimate of drug-likeness (QED) is 0.578. The smallest absolute Gasteiger partial charge is 0.419 e. The van der Waals surface area contributed by atoms with Gasteiger partial charge < -0.3 is 10.1 Å². The van der Waals surface area contributed by atoms with E-state index in [1.165, 1.54) is 4.57 Å². The van der Waals surface area contributed by atoms with Gasteiger partial charge in [-0.2, -0.15) is 0 Å². The van der Waals surface area contributed by atoms with Crippen molar-refractivity contribution in [3.05, 3.63) is 76.5 Å². The molecule has 6 nitrogen and oxygen atoms in total. The summed E-state index contributed by atoms with van der Waals surface area (Å²) in [7, 11) is 0. The Kier molecular flexibility index (Phi) is 4.55. The van der Waals surface area contributed by atoms with Gasteiger partial charge in [0.15, 0.2) is 11.2 Å². The lowest BCUT2D eigenvalue weighted by atomic mass is 9.83. The Balaban J connectivity index is 1.81. The zero-order valence-electron chi connectivity index (χ0n) is 18.2. The number of allylic oxidation sites excluding steroid dienone is 2. The molecule has 6 heteroatoms. The summed E-state index contributed by atoms with van der Waals surface area (Å²) in [6, 6.07) is 10.2. The van der Waals surface area contributed by atoms with E-state index < -0.39 is 11.7 Å². The van der Waals surface area contributed by atoms with E-state index in [0.29, 0.717) is 39.5 Å². The minimum atomic E-state index is -0.675. The topological polar surface area (TPSA) is 77.4 Å². The molecule has 162 valence electrons. The Morgan fingerprint density at radius 3 is 2.59 bits per heavy atom. The Bertz CT molecular complexity index is 1410. The van der Waals surface area contributed by atoms with E-state index in [4.69, 9.17) is 4.74 Å². The number of ether oxygens (including phenoxy) is 1. The molecule has 2 atom stereocenters.